The van der Waals surface area contributed by atoms with Crippen molar-refractivity contribution in [2.24, 2.45) is 0 Å². The fourth-order valence-corrected chi connectivity index (χ4v) is 0.246. The minimum atomic E-state index is -0.530. The molecule has 0 fully saturated rings. The molecule has 0 unspecified atom stereocenters. The lowest BCUT2D eigenvalue weighted by Crippen LogP contribution is -2.17. The minimum absolute atomic E-state index is 0.0556. The normalized spacial score (nSPS) is 7.09. The standard InChI is InChI=1S/C4H7NO3.C2H4O/c6-3-1-2-4(7)5-8;1-2-3/h3,8H,1-2H2,(H,5,7);2H,1H3. The van der Waals surface area contributed by atoms with E-state index in [9.17, 15) is 9.59 Å². The predicted molar refractivity (Wildman–Crippen MR) is 37.0 cm³/mol. The first-order valence-electron chi connectivity index (χ1n) is 2.99. The molecule has 1 amide bonds. The summed E-state index contributed by atoms with van der Waals surface area (Å²) in [7, 11) is 0. The molecule has 11 heavy (non-hydrogen) atoms. The van der Waals surface area contributed by atoms with Crippen molar-refractivity contribution in [3.05, 3.63) is 0 Å². The molecule has 0 aliphatic heterocycles. The van der Waals surface area contributed by atoms with Gasteiger partial charge in [0.1, 0.15) is 12.6 Å². The molecule has 0 atom stereocenters. The molecule has 0 aromatic carbocycles. The first-order valence-corrected chi connectivity index (χ1v) is 2.99. The van der Waals surface area contributed by atoms with Crippen LogP contribution in [0.3, 0.4) is 0 Å². The van der Waals surface area contributed by atoms with Crippen LogP contribution in [0.4, 0.5) is 0 Å². The van der Waals surface area contributed by atoms with E-state index in [0.717, 1.165) is 6.29 Å². The summed E-state index contributed by atoms with van der Waals surface area (Å²) in [5, 5.41) is 7.85. The van der Waals surface area contributed by atoms with Crippen molar-refractivity contribution < 1.29 is 19.6 Å². The highest BCUT2D eigenvalue weighted by Gasteiger charge is 1.94. The molecule has 5 nitrogen and oxygen atoms in total. The molecule has 0 aliphatic rings. The Morgan fingerprint density at radius 1 is 1.55 bits per heavy atom. The van der Waals surface area contributed by atoms with Gasteiger partial charge in [-0.15, -0.1) is 0 Å². The van der Waals surface area contributed by atoms with E-state index in [1.807, 2.05) is 0 Å². The SMILES string of the molecule is CC=O.O=CCCC(=O)NO. The maximum Gasteiger partial charge on any atom is 0.243 e. The van der Waals surface area contributed by atoms with Gasteiger partial charge in [-0.3, -0.25) is 10.0 Å². The van der Waals surface area contributed by atoms with Crippen LogP contribution in [0.2, 0.25) is 0 Å². The summed E-state index contributed by atoms with van der Waals surface area (Å²) in [5.74, 6) is -0.530. The Hall–Kier alpha value is -1.23. The summed E-state index contributed by atoms with van der Waals surface area (Å²) in [4.78, 5) is 28.4. The topological polar surface area (TPSA) is 83.5 Å². The summed E-state index contributed by atoms with van der Waals surface area (Å²) in [5.41, 5.74) is 1.40. The fraction of sp³-hybridized carbons (Fsp3) is 0.500. The first kappa shape index (κ1) is 12.4. The lowest BCUT2D eigenvalue weighted by Gasteiger charge is -1.89. The van der Waals surface area contributed by atoms with Crippen molar-refractivity contribution in [3.63, 3.8) is 0 Å². The summed E-state index contributed by atoms with van der Waals surface area (Å²) in [6, 6.07) is 0. The Labute approximate surface area is 64.4 Å². The van der Waals surface area contributed by atoms with Gasteiger partial charge in [0.25, 0.3) is 0 Å². The monoisotopic (exact) mass is 161 g/mol. The molecule has 0 spiro atoms. The van der Waals surface area contributed by atoms with E-state index in [0.29, 0.717) is 6.29 Å². The molecule has 2 N–H and O–H groups in total. The van der Waals surface area contributed by atoms with Crippen LogP contribution < -0.4 is 5.48 Å². The van der Waals surface area contributed by atoms with Gasteiger partial charge in [-0.2, -0.15) is 0 Å². The number of hydrogen-bond donors (Lipinski definition) is 2. The highest BCUT2D eigenvalue weighted by atomic mass is 16.5. The average Bonchev–Trinajstić information content (AvgIpc) is 2.02. The average molecular weight is 161 g/mol. The van der Waals surface area contributed by atoms with Crippen LogP contribution in [0.25, 0.3) is 0 Å². The van der Waals surface area contributed by atoms with Gasteiger partial charge in [0, 0.05) is 12.8 Å². The molecule has 0 aliphatic carbocycles. The van der Waals surface area contributed by atoms with Gasteiger partial charge in [0.05, 0.1) is 0 Å². The summed E-state index contributed by atoms with van der Waals surface area (Å²) in [6.07, 6.45) is 1.58. The van der Waals surface area contributed by atoms with E-state index in [-0.39, 0.29) is 12.8 Å². The van der Waals surface area contributed by atoms with Crippen molar-refractivity contribution in [2.45, 2.75) is 19.8 Å². The second-order valence-corrected chi connectivity index (χ2v) is 1.48. The van der Waals surface area contributed by atoms with Gasteiger partial charge in [0.15, 0.2) is 0 Å². The molecule has 0 heterocycles. The number of rotatable bonds is 3. The summed E-state index contributed by atoms with van der Waals surface area (Å²) < 4.78 is 0. The highest BCUT2D eigenvalue weighted by Crippen LogP contribution is 1.80. The van der Waals surface area contributed by atoms with Crippen LogP contribution in [-0.2, 0) is 14.4 Å². The van der Waals surface area contributed by atoms with Crippen molar-refractivity contribution in [3.8, 4) is 0 Å². The van der Waals surface area contributed by atoms with Crippen molar-refractivity contribution in [1.29, 1.82) is 0 Å². The minimum Gasteiger partial charge on any atom is -0.304 e. The smallest absolute Gasteiger partial charge is 0.243 e. The van der Waals surface area contributed by atoms with E-state index < -0.39 is 5.91 Å². The second-order valence-electron chi connectivity index (χ2n) is 1.48. The summed E-state index contributed by atoms with van der Waals surface area (Å²) in [6.45, 7) is 1.44. The third-order valence-corrected chi connectivity index (χ3v) is 0.614. The van der Waals surface area contributed by atoms with E-state index >= 15 is 0 Å². The maximum atomic E-state index is 10.1. The molecule has 0 aromatic heterocycles. The molecule has 0 bridgehead atoms. The maximum absolute atomic E-state index is 10.1. The van der Waals surface area contributed by atoms with Gasteiger partial charge >= 0.3 is 0 Å². The van der Waals surface area contributed by atoms with Crippen LogP contribution in [0.15, 0.2) is 0 Å². The summed E-state index contributed by atoms with van der Waals surface area (Å²) >= 11 is 0. The Morgan fingerprint density at radius 2 is 2.00 bits per heavy atom. The molecule has 0 saturated heterocycles. The Kier molecular flexibility index (Phi) is 13.1. The predicted octanol–water partition coefficient (Wildman–Crippen LogP) is -0.324. The van der Waals surface area contributed by atoms with Crippen LogP contribution in [-0.4, -0.2) is 23.7 Å². The Bertz CT molecular complexity index is 124. The molecule has 64 valence electrons. The second kappa shape index (κ2) is 11.6. The van der Waals surface area contributed by atoms with Gasteiger partial charge in [-0.1, -0.05) is 0 Å². The van der Waals surface area contributed by atoms with Crippen LogP contribution in [0.5, 0.6) is 0 Å². The molecular formula is C6H11NO4. The largest absolute Gasteiger partial charge is 0.304 e. The van der Waals surface area contributed by atoms with Crippen molar-refractivity contribution in [1.82, 2.24) is 5.48 Å². The van der Waals surface area contributed by atoms with E-state index in [1.54, 1.807) is 0 Å². The lowest BCUT2D eigenvalue weighted by atomic mass is 10.3. The van der Waals surface area contributed by atoms with Gasteiger partial charge in [-0.05, 0) is 6.92 Å². The van der Waals surface area contributed by atoms with Crippen LogP contribution in [0, 0.1) is 0 Å². The molecule has 0 aromatic rings. The van der Waals surface area contributed by atoms with Gasteiger partial charge in [0.2, 0.25) is 5.91 Å². The third-order valence-electron chi connectivity index (χ3n) is 0.614. The third kappa shape index (κ3) is 17.7. The van der Waals surface area contributed by atoms with Gasteiger partial charge < -0.3 is 9.59 Å². The fourth-order valence-electron chi connectivity index (χ4n) is 0.246. The molecule has 5 heteroatoms. The quantitative estimate of drug-likeness (QED) is 0.337. The zero-order chi connectivity index (χ0) is 9.11. The highest BCUT2D eigenvalue weighted by molar-refractivity contribution is 5.76. The van der Waals surface area contributed by atoms with Crippen LogP contribution in [0.1, 0.15) is 19.8 Å². The van der Waals surface area contributed by atoms with Gasteiger partial charge in [-0.25, -0.2) is 5.48 Å². The van der Waals surface area contributed by atoms with Crippen molar-refractivity contribution in [2.75, 3.05) is 0 Å². The first-order chi connectivity index (χ1) is 5.22. The molecule has 0 saturated carbocycles. The zero-order valence-electron chi connectivity index (χ0n) is 6.24. The number of carbonyl (C=O) groups is 3. The number of hydrogen-bond acceptors (Lipinski definition) is 4. The zero-order valence-corrected chi connectivity index (χ0v) is 6.24. The lowest BCUT2D eigenvalue weighted by molar-refractivity contribution is -0.130. The number of amides is 1. The van der Waals surface area contributed by atoms with E-state index in [4.69, 9.17) is 10.0 Å². The number of aldehydes is 2. The van der Waals surface area contributed by atoms with Crippen LogP contribution >= 0.6 is 0 Å². The number of hydroxylamine groups is 1. The Morgan fingerprint density at radius 3 is 2.27 bits per heavy atom. The van der Waals surface area contributed by atoms with Crippen molar-refractivity contribution >= 4 is 18.5 Å². The number of carbonyl (C=O) groups excluding carboxylic acids is 3. The molecule has 0 rings (SSSR count). The van der Waals surface area contributed by atoms with E-state index in [1.165, 1.54) is 12.4 Å². The van der Waals surface area contributed by atoms with E-state index in [2.05, 4.69) is 0 Å². The Balaban J connectivity index is 0. The molecular weight excluding hydrogens is 150 g/mol. The number of nitrogens with one attached hydrogen (secondary N) is 1. The molecule has 0 radical (unpaired) electrons.